The summed E-state index contributed by atoms with van der Waals surface area (Å²) in [5.41, 5.74) is 1.05. The molecule has 1 fully saturated rings. The van der Waals surface area contributed by atoms with Gasteiger partial charge in [-0.05, 0) is 38.3 Å². The van der Waals surface area contributed by atoms with Gasteiger partial charge in [-0.25, -0.2) is 4.79 Å². The molecule has 2 rings (SSSR count). The first-order chi connectivity index (χ1) is 14.0. The predicted octanol–water partition coefficient (Wildman–Crippen LogP) is 3.14. The van der Waals surface area contributed by atoms with E-state index >= 15 is 0 Å². The Bertz CT molecular complexity index is 640. The largest absolute Gasteiger partial charge is 0.383 e. The summed E-state index contributed by atoms with van der Waals surface area (Å²) in [5.74, 6) is -0.0534. The lowest BCUT2D eigenvalue weighted by Gasteiger charge is -2.33. The summed E-state index contributed by atoms with van der Waals surface area (Å²) in [4.78, 5) is 29.6. The van der Waals surface area contributed by atoms with Crippen LogP contribution in [-0.2, 0) is 23.1 Å². The number of urea groups is 1. The van der Waals surface area contributed by atoms with Crippen molar-refractivity contribution in [1.82, 2.24) is 19.7 Å². The number of rotatable bonds is 10. The van der Waals surface area contributed by atoms with Crippen LogP contribution in [0.1, 0.15) is 58.1 Å². The Morgan fingerprint density at radius 3 is 2.62 bits per heavy atom. The van der Waals surface area contributed by atoms with E-state index in [2.05, 4.69) is 5.32 Å². The van der Waals surface area contributed by atoms with Crippen molar-refractivity contribution in [3.05, 3.63) is 24.0 Å². The molecule has 1 aliphatic carbocycles. The molecule has 0 bridgehead atoms. The van der Waals surface area contributed by atoms with Crippen LogP contribution in [0.2, 0.25) is 0 Å². The number of hydrogen-bond acceptors (Lipinski definition) is 3. The van der Waals surface area contributed by atoms with E-state index in [1.807, 2.05) is 43.8 Å². The summed E-state index contributed by atoms with van der Waals surface area (Å²) in [5, 5.41) is 3.16. The first-order valence-electron chi connectivity index (χ1n) is 10.9. The van der Waals surface area contributed by atoms with Crippen molar-refractivity contribution in [2.75, 3.05) is 26.8 Å². The van der Waals surface area contributed by atoms with E-state index in [0.717, 1.165) is 37.8 Å². The van der Waals surface area contributed by atoms with Crippen LogP contribution in [0.15, 0.2) is 18.3 Å². The Labute approximate surface area is 175 Å². The molecule has 29 heavy (non-hydrogen) atoms. The summed E-state index contributed by atoms with van der Waals surface area (Å²) in [6.45, 7) is 5.60. The number of hydrogen-bond donors (Lipinski definition) is 1. The standard InChI is InChI=1S/C22H38N4O3/c1-5-18(2)26(22(28)23-19-10-7-6-8-11-19)17-21(27)25(14-15-29-4)16-20-12-9-13-24(20)3/h9,12-13,18-19H,5-8,10-11,14-17H2,1-4H3,(H,23,28). The lowest BCUT2D eigenvalue weighted by atomic mass is 9.96. The van der Waals surface area contributed by atoms with Gasteiger partial charge in [-0.15, -0.1) is 0 Å². The molecule has 0 aliphatic heterocycles. The molecular formula is C22H38N4O3. The third-order valence-corrected chi connectivity index (χ3v) is 5.94. The van der Waals surface area contributed by atoms with E-state index in [0.29, 0.717) is 19.7 Å². The van der Waals surface area contributed by atoms with E-state index in [1.165, 1.54) is 6.42 Å². The zero-order valence-corrected chi connectivity index (χ0v) is 18.5. The highest BCUT2D eigenvalue weighted by Crippen LogP contribution is 2.18. The second-order valence-corrected chi connectivity index (χ2v) is 8.09. The van der Waals surface area contributed by atoms with Crippen LogP contribution in [0.4, 0.5) is 4.79 Å². The highest BCUT2D eigenvalue weighted by atomic mass is 16.5. The van der Waals surface area contributed by atoms with Crippen LogP contribution in [0, 0.1) is 0 Å². The Balaban J connectivity index is 2.05. The second kappa shape index (κ2) is 11.9. The first-order valence-corrected chi connectivity index (χ1v) is 10.9. The second-order valence-electron chi connectivity index (χ2n) is 8.09. The summed E-state index contributed by atoms with van der Waals surface area (Å²) >= 11 is 0. The van der Waals surface area contributed by atoms with Crippen molar-refractivity contribution in [2.45, 2.75) is 71.0 Å². The molecule has 0 saturated heterocycles. The van der Waals surface area contributed by atoms with Crippen LogP contribution in [0.3, 0.4) is 0 Å². The molecule has 1 aromatic heterocycles. The molecular weight excluding hydrogens is 368 g/mol. The smallest absolute Gasteiger partial charge is 0.318 e. The molecule has 1 saturated carbocycles. The van der Waals surface area contributed by atoms with E-state index in [4.69, 9.17) is 4.74 Å². The average Bonchev–Trinajstić information content (AvgIpc) is 3.13. The Morgan fingerprint density at radius 2 is 2.03 bits per heavy atom. The molecule has 1 aromatic rings. The number of nitrogens with zero attached hydrogens (tertiary/aromatic N) is 3. The van der Waals surface area contributed by atoms with Crippen LogP contribution < -0.4 is 5.32 Å². The zero-order valence-electron chi connectivity index (χ0n) is 18.5. The fraction of sp³-hybridized carbons (Fsp3) is 0.727. The summed E-state index contributed by atoms with van der Waals surface area (Å²) in [7, 11) is 3.60. The van der Waals surface area contributed by atoms with Crippen LogP contribution in [-0.4, -0.2) is 65.2 Å². The number of nitrogens with one attached hydrogen (secondary N) is 1. The molecule has 1 heterocycles. The molecule has 0 aromatic carbocycles. The lowest BCUT2D eigenvalue weighted by molar-refractivity contribution is -0.133. The molecule has 1 aliphatic rings. The van der Waals surface area contributed by atoms with E-state index in [1.54, 1.807) is 16.9 Å². The van der Waals surface area contributed by atoms with Crippen molar-refractivity contribution in [3.63, 3.8) is 0 Å². The Morgan fingerprint density at radius 1 is 1.31 bits per heavy atom. The molecule has 7 nitrogen and oxygen atoms in total. The van der Waals surface area contributed by atoms with Gasteiger partial charge in [0.05, 0.1) is 13.2 Å². The van der Waals surface area contributed by atoms with Gasteiger partial charge in [0.25, 0.3) is 0 Å². The van der Waals surface area contributed by atoms with Crippen molar-refractivity contribution in [2.24, 2.45) is 7.05 Å². The van der Waals surface area contributed by atoms with E-state index in [-0.39, 0.29) is 30.6 Å². The minimum Gasteiger partial charge on any atom is -0.383 e. The van der Waals surface area contributed by atoms with Gasteiger partial charge in [0.2, 0.25) is 5.91 Å². The number of aryl methyl sites for hydroxylation is 1. The van der Waals surface area contributed by atoms with Gasteiger partial charge in [0, 0.05) is 44.7 Å². The van der Waals surface area contributed by atoms with Gasteiger partial charge in [-0.1, -0.05) is 26.2 Å². The molecule has 1 unspecified atom stereocenters. The zero-order chi connectivity index (χ0) is 21.2. The van der Waals surface area contributed by atoms with Crippen molar-refractivity contribution < 1.29 is 14.3 Å². The van der Waals surface area contributed by atoms with Gasteiger partial charge >= 0.3 is 6.03 Å². The normalized spacial score (nSPS) is 15.7. The number of ether oxygens (including phenoxy) is 1. The van der Waals surface area contributed by atoms with Gasteiger partial charge in [0.1, 0.15) is 6.54 Å². The fourth-order valence-corrected chi connectivity index (χ4v) is 3.75. The lowest BCUT2D eigenvalue weighted by Crippen LogP contribution is -2.52. The average molecular weight is 407 g/mol. The minimum atomic E-state index is -0.120. The molecule has 1 N–H and O–H groups in total. The van der Waals surface area contributed by atoms with E-state index in [9.17, 15) is 9.59 Å². The SMILES string of the molecule is CCC(C)N(CC(=O)N(CCOC)Cc1cccn1C)C(=O)NC1CCCCC1. The molecule has 164 valence electrons. The van der Waals surface area contributed by atoms with E-state index < -0.39 is 0 Å². The van der Waals surface area contributed by atoms with Crippen LogP contribution in [0.25, 0.3) is 0 Å². The third kappa shape index (κ3) is 7.07. The quantitative estimate of drug-likeness (QED) is 0.649. The number of carbonyl (C=O) groups is 2. The third-order valence-electron chi connectivity index (χ3n) is 5.94. The van der Waals surface area contributed by atoms with Crippen LogP contribution >= 0.6 is 0 Å². The van der Waals surface area contributed by atoms with Crippen molar-refractivity contribution >= 4 is 11.9 Å². The van der Waals surface area contributed by atoms with Gasteiger partial charge in [-0.2, -0.15) is 0 Å². The molecule has 7 heteroatoms. The topological polar surface area (TPSA) is 66.8 Å². The Hall–Kier alpha value is -2.02. The molecule has 3 amide bonds. The first kappa shape index (κ1) is 23.3. The van der Waals surface area contributed by atoms with Crippen molar-refractivity contribution in [3.8, 4) is 0 Å². The van der Waals surface area contributed by atoms with Gasteiger partial charge < -0.3 is 24.4 Å². The minimum absolute atomic E-state index is 0.00171. The number of amides is 3. The maximum absolute atomic E-state index is 13.2. The highest BCUT2D eigenvalue weighted by molar-refractivity contribution is 5.84. The number of carbonyl (C=O) groups excluding carboxylic acids is 2. The molecule has 1 atom stereocenters. The summed E-state index contributed by atoms with van der Waals surface area (Å²) in [6, 6.07) is 4.09. The maximum Gasteiger partial charge on any atom is 0.318 e. The number of methoxy groups -OCH3 is 1. The highest BCUT2D eigenvalue weighted by Gasteiger charge is 2.27. The molecule has 0 radical (unpaired) electrons. The van der Waals surface area contributed by atoms with Gasteiger partial charge in [0.15, 0.2) is 0 Å². The predicted molar refractivity (Wildman–Crippen MR) is 115 cm³/mol. The summed E-state index contributed by atoms with van der Waals surface area (Å²) < 4.78 is 7.21. The van der Waals surface area contributed by atoms with Crippen molar-refractivity contribution in [1.29, 1.82) is 0 Å². The fourth-order valence-electron chi connectivity index (χ4n) is 3.75. The number of aromatic nitrogens is 1. The maximum atomic E-state index is 13.2. The van der Waals surface area contributed by atoms with Gasteiger partial charge in [-0.3, -0.25) is 4.79 Å². The Kier molecular flexibility index (Phi) is 9.51. The monoisotopic (exact) mass is 406 g/mol. The van der Waals surface area contributed by atoms with Crippen LogP contribution in [0.5, 0.6) is 0 Å². The summed E-state index contributed by atoms with van der Waals surface area (Å²) in [6.07, 6.45) is 8.40. The molecule has 0 spiro atoms.